The Labute approximate surface area is 69.8 Å². The molecule has 0 spiro atoms. The molecule has 0 saturated heterocycles. The van der Waals surface area contributed by atoms with E-state index in [-0.39, 0.29) is 5.69 Å². The molecule has 2 N–H and O–H groups in total. The van der Waals surface area contributed by atoms with Crippen LogP contribution in [-0.2, 0) is 0 Å². The third kappa shape index (κ3) is 1.28. The van der Waals surface area contributed by atoms with Crippen molar-refractivity contribution >= 4 is 5.91 Å². The van der Waals surface area contributed by atoms with Gasteiger partial charge in [-0.05, 0) is 30.4 Å². The van der Waals surface area contributed by atoms with Gasteiger partial charge in [0.05, 0.1) is 6.20 Å². The lowest BCUT2D eigenvalue weighted by Gasteiger charge is -1.97. The molecule has 0 bridgehead atoms. The molecule has 1 aliphatic carbocycles. The van der Waals surface area contributed by atoms with Gasteiger partial charge in [-0.25, -0.2) is 0 Å². The lowest BCUT2D eigenvalue weighted by Crippen LogP contribution is -2.14. The first-order chi connectivity index (χ1) is 5.77. The maximum atomic E-state index is 10.7. The summed E-state index contributed by atoms with van der Waals surface area (Å²) in [5.74, 6) is 0.0728. The number of hydrogen-bond donors (Lipinski definition) is 1. The van der Waals surface area contributed by atoms with Gasteiger partial charge in [0, 0.05) is 0 Å². The van der Waals surface area contributed by atoms with Gasteiger partial charge < -0.3 is 5.73 Å². The van der Waals surface area contributed by atoms with Gasteiger partial charge in [-0.15, -0.1) is 5.10 Å². The molecule has 12 heavy (non-hydrogen) atoms. The Morgan fingerprint density at radius 2 is 2.33 bits per heavy atom. The van der Waals surface area contributed by atoms with Gasteiger partial charge in [-0.2, -0.15) is 5.10 Å². The van der Waals surface area contributed by atoms with Crippen LogP contribution in [0.5, 0.6) is 0 Å². The molecule has 62 valence electrons. The number of primary amides is 1. The van der Waals surface area contributed by atoms with Crippen molar-refractivity contribution in [3.8, 4) is 0 Å². The Bertz CT molecular complexity index is 320. The summed E-state index contributed by atoms with van der Waals surface area (Å²) in [6, 6.07) is 1.73. The summed E-state index contributed by atoms with van der Waals surface area (Å²) in [4.78, 5) is 10.7. The van der Waals surface area contributed by atoms with Gasteiger partial charge in [0.15, 0.2) is 5.69 Å². The number of aromatic nitrogens is 2. The van der Waals surface area contributed by atoms with Crippen molar-refractivity contribution in [2.45, 2.75) is 18.8 Å². The minimum Gasteiger partial charge on any atom is -0.364 e. The molecule has 4 nitrogen and oxygen atoms in total. The van der Waals surface area contributed by atoms with Crippen molar-refractivity contribution in [1.29, 1.82) is 0 Å². The van der Waals surface area contributed by atoms with Crippen molar-refractivity contribution in [1.82, 2.24) is 10.2 Å². The van der Waals surface area contributed by atoms with Gasteiger partial charge in [0.1, 0.15) is 0 Å². The molecular weight excluding hydrogens is 154 g/mol. The summed E-state index contributed by atoms with van der Waals surface area (Å²) in [7, 11) is 0. The Morgan fingerprint density at radius 3 is 2.92 bits per heavy atom. The molecule has 0 unspecified atom stereocenters. The third-order valence-electron chi connectivity index (χ3n) is 1.98. The number of nitrogens with two attached hydrogens (primary N) is 1. The highest BCUT2D eigenvalue weighted by Crippen LogP contribution is 2.39. The normalized spacial score (nSPS) is 16.0. The van der Waals surface area contributed by atoms with E-state index in [0.29, 0.717) is 5.92 Å². The number of carbonyl (C=O) groups excluding carboxylic acids is 1. The Balaban J connectivity index is 2.32. The van der Waals surface area contributed by atoms with E-state index in [1.165, 1.54) is 12.8 Å². The first-order valence-corrected chi connectivity index (χ1v) is 3.90. The second kappa shape index (κ2) is 2.55. The van der Waals surface area contributed by atoms with Crippen molar-refractivity contribution in [2.24, 2.45) is 5.73 Å². The van der Waals surface area contributed by atoms with Crippen LogP contribution in [-0.4, -0.2) is 16.1 Å². The van der Waals surface area contributed by atoms with Crippen LogP contribution in [0.3, 0.4) is 0 Å². The van der Waals surface area contributed by atoms with E-state index in [0.717, 1.165) is 5.56 Å². The zero-order chi connectivity index (χ0) is 8.55. The standard InChI is InChI=1S/C8H9N3O/c9-8(12)7-3-6(4-10-11-7)5-1-2-5/h3-5H,1-2H2,(H2,9,12). The van der Waals surface area contributed by atoms with E-state index in [9.17, 15) is 4.79 Å². The van der Waals surface area contributed by atoms with Crippen LogP contribution in [0.4, 0.5) is 0 Å². The predicted octanol–water partition coefficient (Wildman–Crippen LogP) is 0.453. The number of carbonyl (C=O) groups is 1. The van der Waals surface area contributed by atoms with Crippen LogP contribution in [0.15, 0.2) is 12.3 Å². The molecule has 1 heterocycles. The SMILES string of the molecule is NC(=O)c1cc(C2CC2)cnn1. The average molecular weight is 163 g/mol. The van der Waals surface area contributed by atoms with Crippen molar-refractivity contribution in [3.63, 3.8) is 0 Å². The molecule has 1 aromatic rings. The summed E-state index contributed by atoms with van der Waals surface area (Å²) < 4.78 is 0. The Morgan fingerprint density at radius 1 is 1.58 bits per heavy atom. The van der Waals surface area contributed by atoms with Crippen LogP contribution >= 0.6 is 0 Å². The summed E-state index contributed by atoms with van der Waals surface area (Å²) in [5, 5.41) is 7.34. The molecule has 1 fully saturated rings. The van der Waals surface area contributed by atoms with Gasteiger partial charge in [-0.3, -0.25) is 4.79 Å². The maximum Gasteiger partial charge on any atom is 0.269 e. The fraction of sp³-hybridized carbons (Fsp3) is 0.375. The largest absolute Gasteiger partial charge is 0.364 e. The Hall–Kier alpha value is -1.45. The topological polar surface area (TPSA) is 68.9 Å². The number of amides is 1. The first kappa shape index (κ1) is 7.21. The molecule has 1 aliphatic rings. The molecule has 4 heteroatoms. The average Bonchev–Trinajstić information content (AvgIpc) is 2.87. The van der Waals surface area contributed by atoms with Crippen LogP contribution in [0.25, 0.3) is 0 Å². The van der Waals surface area contributed by atoms with Gasteiger partial charge in [0.2, 0.25) is 0 Å². The van der Waals surface area contributed by atoms with Crippen LogP contribution < -0.4 is 5.73 Å². The summed E-state index contributed by atoms with van der Waals surface area (Å²) in [5.41, 5.74) is 6.41. The lowest BCUT2D eigenvalue weighted by molar-refractivity contribution is 0.0994. The lowest BCUT2D eigenvalue weighted by atomic mass is 10.2. The van der Waals surface area contributed by atoms with Gasteiger partial charge in [0.25, 0.3) is 5.91 Å². The maximum absolute atomic E-state index is 10.7. The third-order valence-corrected chi connectivity index (χ3v) is 1.98. The number of rotatable bonds is 2. The summed E-state index contributed by atoms with van der Waals surface area (Å²) in [6.07, 6.45) is 4.07. The van der Waals surface area contributed by atoms with Gasteiger partial charge >= 0.3 is 0 Å². The highest BCUT2D eigenvalue weighted by atomic mass is 16.1. The smallest absolute Gasteiger partial charge is 0.269 e. The van der Waals surface area contributed by atoms with Crippen LogP contribution in [0.1, 0.15) is 34.8 Å². The van der Waals surface area contributed by atoms with Gasteiger partial charge in [-0.1, -0.05) is 0 Å². The molecular formula is C8H9N3O. The van der Waals surface area contributed by atoms with E-state index < -0.39 is 5.91 Å². The first-order valence-electron chi connectivity index (χ1n) is 3.90. The molecule has 1 aromatic heterocycles. The highest BCUT2D eigenvalue weighted by molar-refractivity contribution is 5.90. The predicted molar refractivity (Wildman–Crippen MR) is 42.5 cm³/mol. The minimum atomic E-state index is -0.509. The van der Waals surface area contributed by atoms with E-state index in [2.05, 4.69) is 10.2 Å². The van der Waals surface area contributed by atoms with E-state index in [1.54, 1.807) is 12.3 Å². The summed E-state index contributed by atoms with van der Waals surface area (Å²) in [6.45, 7) is 0. The minimum absolute atomic E-state index is 0.263. The number of hydrogen-bond acceptors (Lipinski definition) is 3. The number of nitrogens with zero attached hydrogens (tertiary/aromatic N) is 2. The molecule has 0 radical (unpaired) electrons. The van der Waals surface area contributed by atoms with Crippen molar-refractivity contribution in [3.05, 3.63) is 23.5 Å². The molecule has 0 aliphatic heterocycles. The zero-order valence-corrected chi connectivity index (χ0v) is 6.53. The molecule has 2 rings (SSSR count). The quantitative estimate of drug-likeness (QED) is 0.688. The fourth-order valence-electron chi connectivity index (χ4n) is 1.14. The van der Waals surface area contributed by atoms with E-state index in [1.807, 2.05) is 0 Å². The summed E-state index contributed by atoms with van der Waals surface area (Å²) >= 11 is 0. The highest BCUT2D eigenvalue weighted by Gasteiger charge is 2.24. The monoisotopic (exact) mass is 163 g/mol. The van der Waals surface area contributed by atoms with E-state index >= 15 is 0 Å². The zero-order valence-electron chi connectivity index (χ0n) is 6.53. The second-order valence-corrected chi connectivity index (χ2v) is 3.01. The molecule has 1 amide bonds. The van der Waals surface area contributed by atoms with Crippen LogP contribution in [0.2, 0.25) is 0 Å². The fourth-order valence-corrected chi connectivity index (χ4v) is 1.14. The van der Waals surface area contributed by atoms with E-state index in [4.69, 9.17) is 5.73 Å². The van der Waals surface area contributed by atoms with Crippen molar-refractivity contribution in [2.75, 3.05) is 0 Å². The second-order valence-electron chi connectivity index (χ2n) is 3.01. The molecule has 1 saturated carbocycles. The Kier molecular flexibility index (Phi) is 1.53. The molecule has 0 atom stereocenters. The van der Waals surface area contributed by atoms with Crippen LogP contribution in [0, 0.1) is 0 Å². The van der Waals surface area contributed by atoms with Crippen molar-refractivity contribution < 1.29 is 4.79 Å². The molecule has 0 aromatic carbocycles.